The molecule has 2 aromatic rings. The number of rotatable bonds is 8. The van der Waals surface area contributed by atoms with Crippen LogP contribution in [0.2, 0.25) is 0 Å². The first-order valence-electron chi connectivity index (χ1n) is 7.64. The van der Waals surface area contributed by atoms with Gasteiger partial charge in [-0.05, 0) is 24.3 Å². The number of amides is 2. The van der Waals surface area contributed by atoms with Gasteiger partial charge in [-0.2, -0.15) is 16.8 Å². The van der Waals surface area contributed by atoms with Crippen LogP contribution in [0, 0.1) is 20.2 Å². The average Bonchev–Trinajstić information content (AvgIpc) is 2.66. The van der Waals surface area contributed by atoms with Gasteiger partial charge in [0.25, 0.3) is 23.2 Å². The molecule has 164 valence electrons. The van der Waals surface area contributed by atoms with Crippen molar-refractivity contribution < 1.29 is 39.9 Å². The second-order valence-electron chi connectivity index (χ2n) is 5.45. The summed E-state index contributed by atoms with van der Waals surface area (Å²) in [4.78, 5) is 43.4. The number of nitrogens with zero attached hydrogens (tertiary/aromatic N) is 2. The number of hydrogen-bond acceptors (Lipinski definition) is 11. The van der Waals surface area contributed by atoms with Gasteiger partial charge in [0.05, 0.1) is 9.85 Å². The topological polar surface area (TPSA) is 222 Å². The molecule has 0 unspecified atom stereocenters. The normalized spacial score (nSPS) is 11.4. The molecule has 0 heterocycles. The number of nitro groups is 2. The molecule has 2 rings (SSSR count). The van der Waals surface area contributed by atoms with Crippen molar-refractivity contribution in [2.45, 2.75) is 0 Å². The lowest BCUT2D eigenvalue weighted by molar-refractivity contribution is -0.385. The summed E-state index contributed by atoms with van der Waals surface area (Å²) >= 11 is 0. The van der Waals surface area contributed by atoms with Crippen molar-refractivity contribution in [3.63, 3.8) is 0 Å². The van der Waals surface area contributed by atoms with Crippen LogP contribution in [-0.4, -0.2) is 38.5 Å². The molecule has 0 aliphatic rings. The van der Waals surface area contributed by atoms with E-state index in [1.165, 1.54) is 9.44 Å². The molecule has 0 atom stereocenters. The second kappa shape index (κ2) is 8.81. The summed E-state index contributed by atoms with van der Waals surface area (Å²) in [5.41, 5.74) is -1.51. The molecule has 17 heteroatoms. The fourth-order valence-corrected chi connectivity index (χ4v) is 3.87. The van der Waals surface area contributed by atoms with E-state index in [4.69, 9.17) is 0 Å². The predicted octanol–water partition coefficient (Wildman–Crippen LogP) is 0.169. The Morgan fingerprint density at radius 3 is 1.23 bits per heavy atom. The number of carbonyl (C=O) groups excluding carboxylic acids is 2. The monoisotopic (exact) mass is 474 g/mol. The molecule has 0 radical (unpaired) electrons. The van der Waals surface area contributed by atoms with Gasteiger partial charge in [-0.3, -0.25) is 29.8 Å². The van der Waals surface area contributed by atoms with E-state index in [9.17, 15) is 46.7 Å². The van der Waals surface area contributed by atoms with Crippen molar-refractivity contribution in [2.24, 2.45) is 0 Å². The van der Waals surface area contributed by atoms with E-state index in [1.807, 2.05) is 0 Å². The highest BCUT2D eigenvalue weighted by molar-refractivity contribution is 7.98. The van der Waals surface area contributed by atoms with Crippen LogP contribution in [0.1, 0.15) is 20.7 Å². The highest BCUT2D eigenvalue weighted by Gasteiger charge is 2.27. The number of nitro benzene ring substituents is 2. The fraction of sp³-hybridized carbons (Fsp3) is 0. The van der Waals surface area contributed by atoms with Gasteiger partial charge in [0, 0.05) is 35.4 Å². The average molecular weight is 474 g/mol. The third kappa shape index (κ3) is 6.52. The van der Waals surface area contributed by atoms with E-state index in [0.717, 1.165) is 48.5 Å². The molecule has 31 heavy (non-hydrogen) atoms. The minimum atomic E-state index is -5.28. The summed E-state index contributed by atoms with van der Waals surface area (Å²) in [6.07, 6.45) is 0. The molecule has 0 bridgehead atoms. The molecule has 2 N–H and O–H groups in total. The highest BCUT2D eigenvalue weighted by atomic mass is 32.3. The van der Waals surface area contributed by atoms with Crippen LogP contribution in [0.5, 0.6) is 0 Å². The van der Waals surface area contributed by atoms with Crippen LogP contribution in [0.25, 0.3) is 0 Å². The Hall–Kier alpha value is -3.96. The van der Waals surface area contributed by atoms with Gasteiger partial charge in [0.2, 0.25) is 0 Å². The van der Waals surface area contributed by atoms with Crippen molar-refractivity contribution in [1.29, 1.82) is 0 Å². The van der Waals surface area contributed by atoms with E-state index < -0.39 is 42.3 Å². The lowest BCUT2D eigenvalue weighted by Gasteiger charge is -2.08. The van der Waals surface area contributed by atoms with Crippen LogP contribution in [0.3, 0.4) is 0 Å². The predicted molar refractivity (Wildman–Crippen MR) is 100 cm³/mol. The van der Waals surface area contributed by atoms with Gasteiger partial charge < -0.3 is 0 Å². The van der Waals surface area contributed by atoms with E-state index in [1.54, 1.807) is 0 Å². The number of carbonyl (C=O) groups is 2. The van der Waals surface area contributed by atoms with Crippen LogP contribution in [0.4, 0.5) is 11.4 Å². The zero-order chi connectivity index (χ0) is 23.4. The van der Waals surface area contributed by atoms with Crippen molar-refractivity contribution >= 4 is 43.8 Å². The molecular weight excluding hydrogens is 464 g/mol. The Labute approximate surface area is 173 Å². The first-order chi connectivity index (χ1) is 14.3. The molecule has 2 amide bonds. The van der Waals surface area contributed by atoms with E-state index in [-0.39, 0.29) is 22.5 Å². The summed E-state index contributed by atoms with van der Waals surface area (Å²) in [6, 6.07) is 7.27. The highest BCUT2D eigenvalue weighted by Crippen LogP contribution is 2.13. The molecule has 0 saturated heterocycles. The smallest absolute Gasteiger partial charge is 0.268 e. The van der Waals surface area contributed by atoms with Crippen molar-refractivity contribution in [2.75, 3.05) is 0 Å². The van der Waals surface area contributed by atoms with Gasteiger partial charge in [-0.15, -0.1) is 3.63 Å². The standard InChI is InChI=1S/C14H10N4O11S2/c19-13(9-1-5-11(6-2-9)17(21)22)15-30(25,26)29-31(27,28)16-14(20)10-3-7-12(8-4-10)18(23)24/h1-8H,(H,15,19)(H,16,20). The second-order valence-corrected chi connectivity index (χ2v) is 8.22. The van der Waals surface area contributed by atoms with E-state index in [0.29, 0.717) is 0 Å². The Balaban J connectivity index is 2.06. The lowest BCUT2D eigenvalue weighted by atomic mass is 10.2. The molecule has 15 nitrogen and oxygen atoms in total. The largest absolute Gasteiger partial charge is 0.378 e. The van der Waals surface area contributed by atoms with Gasteiger partial charge in [0.1, 0.15) is 0 Å². The number of nitrogens with one attached hydrogen (secondary N) is 2. The molecule has 0 aliphatic carbocycles. The van der Waals surface area contributed by atoms with Crippen molar-refractivity contribution in [3.05, 3.63) is 79.9 Å². The minimum Gasteiger partial charge on any atom is -0.268 e. The molecule has 2 aromatic carbocycles. The fourth-order valence-electron chi connectivity index (χ4n) is 1.97. The van der Waals surface area contributed by atoms with Gasteiger partial charge >= 0.3 is 20.6 Å². The Morgan fingerprint density at radius 2 is 0.968 bits per heavy atom. The number of hydrogen-bond donors (Lipinski definition) is 2. The summed E-state index contributed by atoms with van der Waals surface area (Å²) in [7, 11) is -10.6. The van der Waals surface area contributed by atoms with Crippen molar-refractivity contribution in [3.8, 4) is 0 Å². The molecular formula is C14H10N4O11S2. The Bertz CT molecular complexity index is 1150. The van der Waals surface area contributed by atoms with Crippen molar-refractivity contribution in [1.82, 2.24) is 9.44 Å². The quantitative estimate of drug-likeness (QED) is 0.387. The Kier molecular flexibility index (Phi) is 6.63. The van der Waals surface area contributed by atoms with Gasteiger partial charge in [0.15, 0.2) is 0 Å². The van der Waals surface area contributed by atoms with Crippen LogP contribution in [-0.2, 0) is 24.2 Å². The summed E-state index contributed by atoms with van der Waals surface area (Å²) < 4.78 is 53.4. The van der Waals surface area contributed by atoms with E-state index >= 15 is 0 Å². The van der Waals surface area contributed by atoms with Crippen LogP contribution < -0.4 is 9.44 Å². The first-order valence-corrected chi connectivity index (χ1v) is 10.5. The van der Waals surface area contributed by atoms with Crippen LogP contribution in [0.15, 0.2) is 48.5 Å². The summed E-state index contributed by atoms with van der Waals surface area (Å²) in [5, 5.41) is 21.1. The summed E-state index contributed by atoms with van der Waals surface area (Å²) in [6.45, 7) is 0. The van der Waals surface area contributed by atoms with E-state index in [2.05, 4.69) is 3.63 Å². The third-order valence-electron chi connectivity index (χ3n) is 3.30. The molecule has 0 fully saturated rings. The molecule has 0 spiro atoms. The van der Waals surface area contributed by atoms with Crippen LogP contribution >= 0.6 is 0 Å². The molecule has 0 aliphatic heterocycles. The Morgan fingerprint density at radius 1 is 0.677 bits per heavy atom. The lowest BCUT2D eigenvalue weighted by Crippen LogP contribution is -2.39. The first kappa shape index (κ1) is 23.3. The zero-order valence-electron chi connectivity index (χ0n) is 14.8. The molecule has 0 saturated carbocycles. The zero-order valence-corrected chi connectivity index (χ0v) is 16.5. The minimum absolute atomic E-state index is 0.370. The number of benzene rings is 2. The maximum Gasteiger partial charge on any atom is 0.378 e. The SMILES string of the molecule is O=C(NS(=O)(=O)OS(=O)(=O)NC(=O)c1ccc([N+](=O)[O-])cc1)c1ccc([N+](=O)[O-])cc1. The van der Waals surface area contributed by atoms with Gasteiger partial charge in [-0.25, -0.2) is 9.44 Å². The number of non-ortho nitro benzene ring substituents is 2. The third-order valence-corrected chi connectivity index (χ3v) is 5.60. The maximum atomic E-state index is 11.9. The maximum absolute atomic E-state index is 11.9. The van der Waals surface area contributed by atoms with Gasteiger partial charge in [-0.1, -0.05) is 0 Å². The summed E-state index contributed by atoms with van der Waals surface area (Å²) in [5.74, 6) is -2.74. The molecule has 0 aromatic heterocycles.